The summed E-state index contributed by atoms with van der Waals surface area (Å²) < 4.78 is 6.02. The molecule has 2 nitrogen and oxygen atoms in total. The molecule has 0 aliphatic carbocycles. The summed E-state index contributed by atoms with van der Waals surface area (Å²) in [4.78, 5) is 3.14. The number of hydrogen-bond acceptors (Lipinski definition) is 2. The summed E-state index contributed by atoms with van der Waals surface area (Å²) in [5.74, 6) is 0.945. The van der Waals surface area contributed by atoms with E-state index in [0.717, 1.165) is 12.5 Å². The van der Waals surface area contributed by atoms with Crippen LogP contribution >= 0.6 is 15.9 Å². The van der Waals surface area contributed by atoms with Gasteiger partial charge < -0.3 is 9.64 Å². The SMILES string of the molecule is CCCCCCC(Br)CCC(C)OCCCC1CCN(C)CC1. The molecular weight excluding hydrogens is 350 g/mol. The van der Waals surface area contributed by atoms with Crippen molar-refractivity contribution in [3.8, 4) is 0 Å². The topological polar surface area (TPSA) is 12.5 Å². The van der Waals surface area contributed by atoms with Gasteiger partial charge in [-0.1, -0.05) is 48.5 Å². The number of halogens is 1. The molecule has 0 bridgehead atoms. The maximum atomic E-state index is 6.02. The first-order valence-corrected chi connectivity index (χ1v) is 11.0. The maximum absolute atomic E-state index is 6.02. The van der Waals surface area contributed by atoms with Gasteiger partial charge in [-0.15, -0.1) is 0 Å². The molecule has 3 heteroatoms. The van der Waals surface area contributed by atoms with E-state index in [2.05, 4.69) is 41.7 Å². The molecular formula is C20H40BrNO. The average Bonchev–Trinajstić information content (AvgIpc) is 2.55. The van der Waals surface area contributed by atoms with Crippen LogP contribution in [0, 0.1) is 5.92 Å². The first-order valence-electron chi connectivity index (χ1n) is 10.1. The van der Waals surface area contributed by atoms with Crippen LogP contribution in [-0.4, -0.2) is 42.6 Å². The van der Waals surface area contributed by atoms with E-state index in [1.54, 1.807) is 0 Å². The van der Waals surface area contributed by atoms with E-state index in [9.17, 15) is 0 Å². The molecule has 1 rings (SSSR count). The fraction of sp³-hybridized carbons (Fsp3) is 1.00. The van der Waals surface area contributed by atoms with Crippen LogP contribution in [-0.2, 0) is 4.74 Å². The average molecular weight is 390 g/mol. The number of alkyl halides is 1. The highest BCUT2D eigenvalue weighted by molar-refractivity contribution is 9.09. The van der Waals surface area contributed by atoms with E-state index in [1.807, 2.05) is 0 Å². The van der Waals surface area contributed by atoms with Crippen molar-refractivity contribution in [3.05, 3.63) is 0 Å². The van der Waals surface area contributed by atoms with Gasteiger partial charge in [0.2, 0.25) is 0 Å². The maximum Gasteiger partial charge on any atom is 0.0547 e. The van der Waals surface area contributed by atoms with Gasteiger partial charge in [0.05, 0.1) is 6.10 Å². The Morgan fingerprint density at radius 2 is 1.78 bits per heavy atom. The van der Waals surface area contributed by atoms with Crippen molar-refractivity contribution in [2.45, 2.75) is 95.4 Å². The third-order valence-electron chi connectivity index (χ3n) is 5.25. The minimum atomic E-state index is 0.420. The lowest BCUT2D eigenvalue weighted by molar-refractivity contribution is 0.0525. The van der Waals surface area contributed by atoms with Gasteiger partial charge in [0.1, 0.15) is 0 Å². The van der Waals surface area contributed by atoms with Gasteiger partial charge in [0, 0.05) is 11.4 Å². The molecule has 1 aliphatic rings. The van der Waals surface area contributed by atoms with E-state index >= 15 is 0 Å². The second kappa shape index (κ2) is 13.7. The van der Waals surface area contributed by atoms with E-state index in [-0.39, 0.29) is 0 Å². The minimum absolute atomic E-state index is 0.420. The van der Waals surface area contributed by atoms with E-state index in [4.69, 9.17) is 4.74 Å². The van der Waals surface area contributed by atoms with Crippen LogP contribution < -0.4 is 0 Å². The van der Waals surface area contributed by atoms with Gasteiger partial charge in [-0.05, 0) is 77.9 Å². The summed E-state index contributed by atoms with van der Waals surface area (Å²) >= 11 is 3.84. The number of hydrogen-bond donors (Lipinski definition) is 0. The molecule has 1 aliphatic heterocycles. The Morgan fingerprint density at radius 1 is 1.04 bits per heavy atom. The van der Waals surface area contributed by atoms with Gasteiger partial charge in [0.25, 0.3) is 0 Å². The number of rotatable bonds is 13. The lowest BCUT2D eigenvalue weighted by Gasteiger charge is -2.28. The van der Waals surface area contributed by atoms with Gasteiger partial charge in [-0.3, -0.25) is 0 Å². The molecule has 1 fully saturated rings. The Hall–Kier alpha value is 0.400. The first-order chi connectivity index (χ1) is 11.1. The molecule has 0 spiro atoms. The van der Waals surface area contributed by atoms with E-state index < -0.39 is 0 Å². The number of ether oxygens (including phenoxy) is 1. The number of nitrogens with zero attached hydrogens (tertiary/aromatic N) is 1. The number of unbranched alkanes of at least 4 members (excludes halogenated alkanes) is 3. The zero-order valence-electron chi connectivity index (χ0n) is 15.9. The Balaban J connectivity index is 1.92. The smallest absolute Gasteiger partial charge is 0.0547 e. The fourth-order valence-corrected chi connectivity index (χ4v) is 4.03. The molecule has 0 aromatic carbocycles. The summed E-state index contributed by atoms with van der Waals surface area (Å²) in [6, 6.07) is 0. The van der Waals surface area contributed by atoms with Crippen molar-refractivity contribution in [2.24, 2.45) is 5.92 Å². The van der Waals surface area contributed by atoms with Crippen molar-refractivity contribution in [1.82, 2.24) is 4.90 Å². The zero-order valence-corrected chi connectivity index (χ0v) is 17.5. The first kappa shape index (κ1) is 21.4. The molecule has 0 amide bonds. The fourth-order valence-electron chi connectivity index (χ4n) is 3.44. The highest BCUT2D eigenvalue weighted by Crippen LogP contribution is 2.22. The van der Waals surface area contributed by atoms with Crippen molar-refractivity contribution in [3.63, 3.8) is 0 Å². The van der Waals surface area contributed by atoms with Crippen molar-refractivity contribution < 1.29 is 4.74 Å². The van der Waals surface area contributed by atoms with Crippen LogP contribution in [0.1, 0.15) is 84.5 Å². The molecule has 0 N–H and O–H groups in total. The van der Waals surface area contributed by atoms with Crippen molar-refractivity contribution in [1.29, 1.82) is 0 Å². The van der Waals surface area contributed by atoms with Crippen LogP contribution in [0.25, 0.3) is 0 Å². The Bertz CT molecular complexity index is 266. The Labute approximate surface area is 153 Å². The summed E-state index contributed by atoms with van der Waals surface area (Å²) in [5.41, 5.74) is 0. The predicted octanol–water partition coefficient (Wildman–Crippen LogP) is 6.03. The lowest BCUT2D eigenvalue weighted by atomic mass is 9.93. The van der Waals surface area contributed by atoms with Crippen LogP contribution in [0.5, 0.6) is 0 Å². The molecule has 0 radical (unpaired) electrons. The second-order valence-electron chi connectivity index (χ2n) is 7.59. The van der Waals surface area contributed by atoms with Gasteiger partial charge in [-0.2, -0.15) is 0 Å². The molecule has 23 heavy (non-hydrogen) atoms. The summed E-state index contributed by atoms with van der Waals surface area (Å²) in [7, 11) is 2.24. The highest BCUT2D eigenvalue weighted by atomic mass is 79.9. The number of piperidine rings is 1. The largest absolute Gasteiger partial charge is 0.379 e. The van der Waals surface area contributed by atoms with Crippen LogP contribution in [0.3, 0.4) is 0 Å². The Morgan fingerprint density at radius 3 is 2.48 bits per heavy atom. The monoisotopic (exact) mass is 389 g/mol. The summed E-state index contributed by atoms with van der Waals surface area (Å²) in [5, 5.41) is 0. The summed E-state index contributed by atoms with van der Waals surface area (Å²) in [6.45, 7) is 8.04. The molecule has 0 aromatic rings. The molecule has 138 valence electrons. The Kier molecular flexibility index (Phi) is 12.7. The third-order valence-corrected chi connectivity index (χ3v) is 6.17. The van der Waals surface area contributed by atoms with Gasteiger partial charge >= 0.3 is 0 Å². The molecule has 1 saturated heterocycles. The second-order valence-corrected chi connectivity index (χ2v) is 8.89. The minimum Gasteiger partial charge on any atom is -0.379 e. The lowest BCUT2D eigenvalue weighted by Crippen LogP contribution is -2.30. The normalized spacial score (nSPS) is 19.8. The molecule has 0 saturated carbocycles. The molecule has 2 atom stereocenters. The van der Waals surface area contributed by atoms with Crippen LogP contribution in [0.2, 0.25) is 0 Å². The van der Waals surface area contributed by atoms with Crippen LogP contribution in [0.4, 0.5) is 0 Å². The highest BCUT2D eigenvalue weighted by Gasteiger charge is 2.16. The quantitative estimate of drug-likeness (QED) is 0.281. The molecule has 2 unspecified atom stereocenters. The zero-order chi connectivity index (χ0) is 16.9. The molecule has 0 aromatic heterocycles. The summed E-state index contributed by atoms with van der Waals surface area (Å²) in [6.07, 6.45) is 15.0. The van der Waals surface area contributed by atoms with Gasteiger partial charge in [0.15, 0.2) is 0 Å². The van der Waals surface area contributed by atoms with Crippen molar-refractivity contribution >= 4 is 15.9 Å². The van der Waals surface area contributed by atoms with Crippen LogP contribution in [0.15, 0.2) is 0 Å². The predicted molar refractivity (Wildman–Crippen MR) is 106 cm³/mol. The number of likely N-dealkylation sites (tertiary alicyclic amines) is 1. The standard InChI is InChI=1S/C20H40BrNO/c1-4-5-6-7-10-20(21)12-11-18(2)23-17-8-9-19-13-15-22(3)16-14-19/h18-20H,4-17H2,1-3H3. The molecule has 1 heterocycles. The van der Waals surface area contributed by atoms with E-state index in [1.165, 1.54) is 83.7 Å². The van der Waals surface area contributed by atoms with Gasteiger partial charge in [-0.25, -0.2) is 0 Å². The van der Waals surface area contributed by atoms with E-state index in [0.29, 0.717) is 10.9 Å². The van der Waals surface area contributed by atoms with Crippen molar-refractivity contribution in [2.75, 3.05) is 26.7 Å². The third kappa shape index (κ3) is 11.6.